The van der Waals surface area contributed by atoms with E-state index in [2.05, 4.69) is 33.5 Å². The van der Waals surface area contributed by atoms with Crippen molar-refractivity contribution in [2.24, 2.45) is 0 Å². The molecule has 5 rings (SSSR count). The summed E-state index contributed by atoms with van der Waals surface area (Å²) in [5, 5.41) is 21.9. The molecule has 0 fully saturated rings. The molecule has 2 aromatic carbocycles. The summed E-state index contributed by atoms with van der Waals surface area (Å²) in [6, 6.07) is 18.5. The van der Waals surface area contributed by atoms with Crippen molar-refractivity contribution < 1.29 is 4.39 Å². The second-order valence-corrected chi connectivity index (χ2v) is 7.35. The summed E-state index contributed by atoms with van der Waals surface area (Å²) < 4.78 is 17.0. The first-order valence-corrected chi connectivity index (χ1v) is 9.89. The van der Waals surface area contributed by atoms with E-state index in [1.807, 2.05) is 24.3 Å². The first-order valence-electron chi connectivity index (χ1n) is 9.89. The van der Waals surface area contributed by atoms with Crippen LogP contribution in [0.5, 0.6) is 0 Å². The molecule has 0 bridgehead atoms. The van der Waals surface area contributed by atoms with Crippen molar-refractivity contribution in [1.82, 2.24) is 19.8 Å². The molecule has 4 aromatic rings. The first-order chi connectivity index (χ1) is 14.7. The SMILES string of the molecule is N#Cc1cccc(-c2ccc3nnc(C(F)c4ccc5c(c4)C=CCCC5)n3n2)c1. The number of rotatable bonds is 3. The molecular weight excluding hydrogens is 377 g/mol. The molecule has 0 saturated heterocycles. The lowest BCUT2D eigenvalue weighted by molar-refractivity contribution is 0.377. The number of halogens is 1. The van der Waals surface area contributed by atoms with Crippen molar-refractivity contribution in [3.63, 3.8) is 0 Å². The number of allylic oxidation sites excluding steroid dienone is 1. The van der Waals surface area contributed by atoms with Gasteiger partial charge in [0.15, 0.2) is 17.6 Å². The Morgan fingerprint density at radius 3 is 2.90 bits per heavy atom. The molecule has 2 heterocycles. The number of hydrogen-bond donors (Lipinski definition) is 0. The highest BCUT2D eigenvalue weighted by Gasteiger charge is 2.22. The van der Waals surface area contributed by atoms with Gasteiger partial charge in [-0.2, -0.15) is 14.9 Å². The third-order valence-corrected chi connectivity index (χ3v) is 5.38. The number of benzene rings is 2. The van der Waals surface area contributed by atoms with E-state index in [9.17, 15) is 0 Å². The molecule has 6 heteroatoms. The van der Waals surface area contributed by atoms with Crippen molar-refractivity contribution in [3.05, 3.63) is 88.8 Å². The Morgan fingerprint density at radius 1 is 1.07 bits per heavy atom. The van der Waals surface area contributed by atoms with Crippen LogP contribution in [0.3, 0.4) is 0 Å². The van der Waals surface area contributed by atoms with Crippen molar-refractivity contribution in [2.75, 3.05) is 0 Å². The number of nitrogens with zero attached hydrogens (tertiary/aromatic N) is 5. The van der Waals surface area contributed by atoms with Crippen LogP contribution in [0.2, 0.25) is 0 Å². The number of hydrogen-bond acceptors (Lipinski definition) is 4. The first kappa shape index (κ1) is 18.2. The molecule has 1 unspecified atom stereocenters. The van der Waals surface area contributed by atoms with Crippen LogP contribution in [0.15, 0.2) is 60.7 Å². The number of alkyl halides is 1. The summed E-state index contributed by atoms with van der Waals surface area (Å²) in [5.74, 6) is 0.140. The quantitative estimate of drug-likeness (QED) is 0.486. The van der Waals surface area contributed by atoms with E-state index in [1.54, 1.807) is 30.3 Å². The monoisotopic (exact) mass is 395 g/mol. The minimum atomic E-state index is -1.45. The van der Waals surface area contributed by atoms with Crippen LogP contribution < -0.4 is 0 Å². The molecule has 0 radical (unpaired) electrons. The third kappa shape index (κ3) is 3.25. The maximum atomic E-state index is 15.5. The van der Waals surface area contributed by atoms with E-state index in [1.165, 1.54) is 10.1 Å². The van der Waals surface area contributed by atoms with Crippen LogP contribution in [0, 0.1) is 11.3 Å². The van der Waals surface area contributed by atoms with Crippen LogP contribution in [0.25, 0.3) is 23.0 Å². The lowest BCUT2D eigenvalue weighted by atomic mass is 9.99. The maximum absolute atomic E-state index is 15.5. The Morgan fingerprint density at radius 2 is 2.00 bits per heavy atom. The summed E-state index contributed by atoms with van der Waals surface area (Å²) in [6.45, 7) is 0. The van der Waals surface area contributed by atoms with Gasteiger partial charge in [0.05, 0.1) is 17.3 Å². The van der Waals surface area contributed by atoms with E-state index >= 15 is 4.39 Å². The molecule has 1 aliphatic carbocycles. The van der Waals surface area contributed by atoms with Gasteiger partial charge in [-0.15, -0.1) is 10.2 Å². The lowest BCUT2D eigenvalue weighted by Gasteiger charge is -2.11. The predicted molar refractivity (Wildman–Crippen MR) is 112 cm³/mol. The predicted octanol–water partition coefficient (Wildman–Crippen LogP) is 5.07. The zero-order chi connectivity index (χ0) is 20.5. The molecule has 30 heavy (non-hydrogen) atoms. The van der Waals surface area contributed by atoms with Gasteiger partial charge in [0, 0.05) is 5.56 Å². The largest absolute Gasteiger partial charge is 0.233 e. The van der Waals surface area contributed by atoms with Crippen LogP contribution in [-0.2, 0) is 6.42 Å². The number of aryl methyl sites for hydroxylation is 1. The van der Waals surface area contributed by atoms with Crippen molar-refractivity contribution in [2.45, 2.75) is 25.4 Å². The molecule has 146 valence electrons. The smallest absolute Gasteiger partial charge is 0.193 e. The van der Waals surface area contributed by atoms with E-state index in [0.717, 1.165) is 30.4 Å². The molecule has 2 aromatic heterocycles. The van der Waals surface area contributed by atoms with Crippen LogP contribution in [0.4, 0.5) is 4.39 Å². The van der Waals surface area contributed by atoms with Gasteiger partial charge in [0.2, 0.25) is 0 Å². The van der Waals surface area contributed by atoms with Crippen LogP contribution in [0.1, 0.15) is 47.1 Å². The van der Waals surface area contributed by atoms with Crippen LogP contribution in [-0.4, -0.2) is 19.8 Å². The molecule has 1 atom stereocenters. The average Bonchev–Trinajstić information content (AvgIpc) is 3.07. The summed E-state index contributed by atoms with van der Waals surface area (Å²) in [6.07, 6.45) is 5.90. The Hall–Kier alpha value is -3.85. The Labute approximate surface area is 173 Å². The van der Waals surface area contributed by atoms with Crippen LogP contribution >= 0.6 is 0 Å². The van der Waals surface area contributed by atoms with Gasteiger partial charge in [-0.3, -0.25) is 0 Å². The Balaban J connectivity index is 1.56. The second-order valence-electron chi connectivity index (χ2n) is 7.35. The Bertz CT molecular complexity index is 1310. The summed E-state index contributed by atoms with van der Waals surface area (Å²) in [4.78, 5) is 0. The number of nitriles is 1. The summed E-state index contributed by atoms with van der Waals surface area (Å²) in [7, 11) is 0. The second kappa shape index (κ2) is 7.53. The zero-order valence-corrected chi connectivity index (χ0v) is 16.2. The van der Waals surface area contributed by atoms with Crippen molar-refractivity contribution >= 4 is 11.7 Å². The van der Waals surface area contributed by atoms with Gasteiger partial charge in [0.1, 0.15) is 0 Å². The molecule has 0 N–H and O–H groups in total. The van der Waals surface area contributed by atoms with Gasteiger partial charge in [0.25, 0.3) is 0 Å². The van der Waals surface area contributed by atoms with E-state index in [4.69, 9.17) is 5.26 Å². The maximum Gasteiger partial charge on any atom is 0.193 e. The molecule has 0 amide bonds. The molecule has 0 saturated carbocycles. The highest BCUT2D eigenvalue weighted by molar-refractivity contribution is 5.62. The van der Waals surface area contributed by atoms with Gasteiger partial charge in [-0.05, 0) is 66.3 Å². The van der Waals surface area contributed by atoms with E-state index < -0.39 is 6.17 Å². The highest BCUT2D eigenvalue weighted by atomic mass is 19.1. The summed E-state index contributed by atoms with van der Waals surface area (Å²) >= 11 is 0. The van der Waals surface area contributed by atoms with E-state index in [0.29, 0.717) is 22.5 Å². The molecule has 0 spiro atoms. The zero-order valence-electron chi connectivity index (χ0n) is 16.2. The number of fused-ring (bicyclic) bond motifs is 2. The molecule has 1 aliphatic rings. The fourth-order valence-electron chi connectivity index (χ4n) is 3.79. The third-order valence-electron chi connectivity index (χ3n) is 5.38. The van der Waals surface area contributed by atoms with Crippen molar-refractivity contribution in [1.29, 1.82) is 5.26 Å². The molecule has 0 aliphatic heterocycles. The van der Waals surface area contributed by atoms with Gasteiger partial charge in [-0.1, -0.05) is 36.4 Å². The average molecular weight is 395 g/mol. The standard InChI is InChI=1S/C24H18FN5/c25-23(20-10-9-17-6-2-1-3-7-18(17)14-20)24-28-27-22-12-11-21(29-30(22)24)19-8-4-5-16(13-19)15-26/h3-5,7-14,23H,1-2,6H2. The topological polar surface area (TPSA) is 66.9 Å². The molecule has 5 nitrogen and oxygen atoms in total. The lowest BCUT2D eigenvalue weighted by Crippen LogP contribution is -2.05. The van der Waals surface area contributed by atoms with Gasteiger partial charge < -0.3 is 0 Å². The fraction of sp³-hybridized carbons (Fsp3) is 0.167. The van der Waals surface area contributed by atoms with Crippen molar-refractivity contribution in [3.8, 4) is 17.3 Å². The van der Waals surface area contributed by atoms with Gasteiger partial charge in [-0.25, -0.2) is 4.39 Å². The number of aromatic nitrogens is 4. The fourth-order valence-corrected chi connectivity index (χ4v) is 3.79. The molecular formula is C24H18FN5. The van der Waals surface area contributed by atoms with Gasteiger partial charge >= 0.3 is 0 Å². The minimum Gasteiger partial charge on any atom is -0.233 e. The van der Waals surface area contributed by atoms with E-state index in [-0.39, 0.29) is 5.82 Å². The summed E-state index contributed by atoms with van der Waals surface area (Å²) in [5.41, 5.74) is 5.25. The Kier molecular flexibility index (Phi) is 4.56. The normalized spacial score (nSPS) is 14.1. The highest BCUT2D eigenvalue weighted by Crippen LogP contribution is 2.29. The minimum absolute atomic E-state index is 0.140.